The Morgan fingerprint density at radius 1 is 1.41 bits per heavy atom. The minimum absolute atomic E-state index is 0.199. The van der Waals surface area contributed by atoms with E-state index in [2.05, 4.69) is 20.9 Å². The number of nitrogens with zero attached hydrogens (tertiary/aromatic N) is 2. The molecule has 0 aromatic carbocycles. The summed E-state index contributed by atoms with van der Waals surface area (Å²) in [6.07, 6.45) is 3.32. The van der Waals surface area contributed by atoms with Crippen LogP contribution >= 0.6 is 15.9 Å². The highest BCUT2D eigenvalue weighted by atomic mass is 79.9. The number of hydrogen-bond acceptors (Lipinski definition) is 6. The summed E-state index contributed by atoms with van der Waals surface area (Å²) in [6, 6.07) is 1.79. The number of rotatable bonds is 4. The van der Waals surface area contributed by atoms with E-state index in [4.69, 9.17) is 19.3 Å². The number of amides is 1. The highest BCUT2D eigenvalue weighted by molar-refractivity contribution is 9.10. The summed E-state index contributed by atoms with van der Waals surface area (Å²) in [6.45, 7) is 5.97. The number of aliphatic carboxylic acids is 1. The second-order valence-electron chi connectivity index (χ2n) is 8.02. The van der Waals surface area contributed by atoms with E-state index >= 15 is 0 Å². The molecule has 1 atom stereocenters. The first-order valence-corrected chi connectivity index (χ1v) is 9.41. The zero-order chi connectivity index (χ0) is 19.9. The van der Waals surface area contributed by atoms with Crippen LogP contribution in [0.2, 0.25) is 0 Å². The summed E-state index contributed by atoms with van der Waals surface area (Å²) < 4.78 is 18.0. The van der Waals surface area contributed by atoms with Gasteiger partial charge in [-0.1, -0.05) is 0 Å². The summed E-state index contributed by atoms with van der Waals surface area (Å²) in [5, 5.41) is 9.07. The van der Waals surface area contributed by atoms with Crippen molar-refractivity contribution in [2.24, 2.45) is 0 Å². The number of aromatic nitrogens is 1. The van der Waals surface area contributed by atoms with Gasteiger partial charge >= 0.3 is 12.1 Å². The van der Waals surface area contributed by atoms with Crippen LogP contribution in [0.5, 0.6) is 0 Å². The minimum Gasteiger partial charge on any atom is -0.480 e. The number of ether oxygens (including phenoxy) is 3. The van der Waals surface area contributed by atoms with E-state index in [1.54, 1.807) is 23.4 Å². The zero-order valence-electron chi connectivity index (χ0n) is 15.5. The Kier molecular flexibility index (Phi) is 5.22. The zero-order valence-corrected chi connectivity index (χ0v) is 17.1. The number of pyridine rings is 1. The maximum absolute atomic E-state index is 12.2. The van der Waals surface area contributed by atoms with Crippen LogP contribution < -0.4 is 0 Å². The normalized spacial score (nSPS) is 23.9. The van der Waals surface area contributed by atoms with Crippen LogP contribution in [0.25, 0.3) is 0 Å². The summed E-state index contributed by atoms with van der Waals surface area (Å²) >= 11 is 3.46. The average Bonchev–Trinajstić information content (AvgIpc) is 2.92. The highest BCUT2D eigenvalue weighted by Gasteiger charge is 2.59. The molecular formula is C18H23BrN2O6. The SMILES string of the molecule is CC(C)(C)OC(=O)N1CC2(C1)CC(OCC(=O)O)(c1ccncc1Br)CO2. The molecule has 2 saturated heterocycles. The molecule has 1 unspecified atom stereocenters. The van der Waals surface area contributed by atoms with Crippen molar-refractivity contribution in [2.75, 3.05) is 26.3 Å². The molecule has 8 nitrogen and oxygen atoms in total. The van der Waals surface area contributed by atoms with Gasteiger partial charge in [0, 0.05) is 28.9 Å². The first kappa shape index (κ1) is 20.0. The Hall–Kier alpha value is -1.71. The van der Waals surface area contributed by atoms with Crippen LogP contribution in [0, 0.1) is 0 Å². The second-order valence-corrected chi connectivity index (χ2v) is 8.87. The third kappa shape index (κ3) is 4.25. The Labute approximate surface area is 165 Å². The topological polar surface area (TPSA) is 98.2 Å². The lowest BCUT2D eigenvalue weighted by molar-refractivity contribution is -0.150. The minimum atomic E-state index is -1.05. The van der Waals surface area contributed by atoms with Crippen LogP contribution in [-0.2, 0) is 24.6 Å². The molecule has 3 heterocycles. The van der Waals surface area contributed by atoms with E-state index in [-0.39, 0.29) is 12.7 Å². The number of carboxylic acid groups (broad SMARTS) is 1. The van der Waals surface area contributed by atoms with Gasteiger partial charge in [0.25, 0.3) is 0 Å². The fourth-order valence-electron chi connectivity index (χ4n) is 3.49. The predicted molar refractivity (Wildman–Crippen MR) is 98.3 cm³/mol. The van der Waals surface area contributed by atoms with E-state index in [0.29, 0.717) is 19.5 Å². The van der Waals surface area contributed by atoms with Crippen molar-refractivity contribution in [3.05, 3.63) is 28.5 Å². The van der Waals surface area contributed by atoms with Crippen molar-refractivity contribution in [1.29, 1.82) is 0 Å². The van der Waals surface area contributed by atoms with Crippen molar-refractivity contribution in [3.8, 4) is 0 Å². The number of carboxylic acids is 1. The van der Waals surface area contributed by atoms with Gasteiger partial charge in [-0.3, -0.25) is 4.98 Å². The Balaban J connectivity index is 1.75. The molecule has 9 heteroatoms. The number of carbonyl (C=O) groups excluding carboxylic acids is 1. The molecule has 0 aliphatic carbocycles. The van der Waals surface area contributed by atoms with Crippen molar-refractivity contribution in [2.45, 2.75) is 44.0 Å². The molecule has 0 bridgehead atoms. The van der Waals surface area contributed by atoms with Crippen LogP contribution in [0.1, 0.15) is 32.8 Å². The van der Waals surface area contributed by atoms with Gasteiger partial charge in [-0.05, 0) is 42.8 Å². The van der Waals surface area contributed by atoms with Crippen molar-refractivity contribution in [3.63, 3.8) is 0 Å². The molecule has 0 saturated carbocycles. The molecule has 1 aromatic rings. The molecule has 1 N–H and O–H groups in total. The van der Waals surface area contributed by atoms with Crippen molar-refractivity contribution < 1.29 is 28.9 Å². The lowest BCUT2D eigenvalue weighted by Gasteiger charge is -2.47. The highest BCUT2D eigenvalue weighted by Crippen LogP contribution is 2.48. The second kappa shape index (κ2) is 7.03. The molecule has 0 radical (unpaired) electrons. The fourth-order valence-corrected chi connectivity index (χ4v) is 4.10. The van der Waals surface area contributed by atoms with E-state index in [1.165, 1.54) is 0 Å². The van der Waals surface area contributed by atoms with Crippen LogP contribution in [0.3, 0.4) is 0 Å². The van der Waals surface area contributed by atoms with E-state index < -0.39 is 29.4 Å². The van der Waals surface area contributed by atoms with Crippen LogP contribution in [0.15, 0.2) is 22.9 Å². The fraction of sp³-hybridized carbons (Fsp3) is 0.611. The molecule has 2 aliphatic heterocycles. The summed E-state index contributed by atoms with van der Waals surface area (Å²) in [5.74, 6) is -1.05. The van der Waals surface area contributed by atoms with Gasteiger partial charge < -0.3 is 24.2 Å². The largest absolute Gasteiger partial charge is 0.480 e. The average molecular weight is 443 g/mol. The smallest absolute Gasteiger partial charge is 0.410 e. The number of halogens is 1. The third-order valence-electron chi connectivity index (χ3n) is 4.56. The van der Waals surface area contributed by atoms with Gasteiger partial charge in [0.2, 0.25) is 0 Å². The molecule has 27 heavy (non-hydrogen) atoms. The predicted octanol–water partition coefficient (Wildman–Crippen LogP) is 2.55. The molecule has 2 fully saturated rings. The van der Waals surface area contributed by atoms with Gasteiger partial charge in [0.15, 0.2) is 0 Å². The van der Waals surface area contributed by atoms with Crippen LogP contribution in [0.4, 0.5) is 4.79 Å². The summed E-state index contributed by atoms with van der Waals surface area (Å²) in [7, 11) is 0. The quantitative estimate of drug-likeness (QED) is 0.764. The van der Waals surface area contributed by atoms with E-state index in [9.17, 15) is 9.59 Å². The third-order valence-corrected chi connectivity index (χ3v) is 5.20. The molecule has 1 amide bonds. The molecule has 2 aliphatic rings. The molecule has 148 valence electrons. The summed E-state index contributed by atoms with van der Waals surface area (Å²) in [4.78, 5) is 28.9. The Morgan fingerprint density at radius 2 is 2.11 bits per heavy atom. The van der Waals surface area contributed by atoms with Crippen molar-refractivity contribution in [1.82, 2.24) is 9.88 Å². The molecular weight excluding hydrogens is 420 g/mol. The summed E-state index contributed by atoms with van der Waals surface area (Å²) in [5.41, 5.74) is -1.27. The number of carbonyl (C=O) groups is 2. The first-order chi connectivity index (χ1) is 12.5. The monoisotopic (exact) mass is 442 g/mol. The number of likely N-dealkylation sites (tertiary alicyclic amines) is 1. The number of hydrogen-bond donors (Lipinski definition) is 1. The Morgan fingerprint density at radius 3 is 2.70 bits per heavy atom. The lowest BCUT2D eigenvalue weighted by atomic mass is 9.81. The molecule has 3 rings (SSSR count). The van der Waals surface area contributed by atoms with Crippen LogP contribution in [-0.4, -0.2) is 64.6 Å². The molecule has 1 aromatic heterocycles. The van der Waals surface area contributed by atoms with E-state index in [1.807, 2.05) is 20.8 Å². The maximum atomic E-state index is 12.2. The van der Waals surface area contributed by atoms with Gasteiger partial charge in [-0.15, -0.1) is 0 Å². The first-order valence-electron chi connectivity index (χ1n) is 8.62. The van der Waals surface area contributed by atoms with Gasteiger partial charge in [-0.25, -0.2) is 9.59 Å². The van der Waals surface area contributed by atoms with Crippen molar-refractivity contribution >= 4 is 28.0 Å². The van der Waals surface area contributed by atoms with E-state index in [0.717, 1.165) is 10.0 Å². The van der Waals surface area contributed by atoms with Gasteiger partial charge in [0.05, 0.1) is 19.7 Å². The lowest BCUT2D eigenvalue weighted by Crippen LogP contribution is -2.64. The Bertz CT molecular complexity index is 744. The van der Waals surface area contributed by atoms with Gasteiger partial charge in [-0.2, -0.15) is 0 Å². The molecule has 1 spiro atoms. The standard InChI is InChI=1S/C18H23BrN2O6/c1-16(2,3)27-15(24)21-9-17(10-21)8-18(11-26-17,25-7-14(22)23)12-4-5-20-6-13(12)19/h4-6H,7-11H2,1-3H3,(H,22,23). The maximum Gasteiger partial charge on any atom is 0.410 e. The van der Waals surface area contributed by atoms with Gasteiger partial charge in [0.1, 0.15) is 23.4 Å².